The summed E-state index contributed by atoms with van der Waals surface area (Å²) in [6.07, 6.45) is 2.19. The first-order chi connectivity index (χ1) is 9.15. The van der Waals surface area contributed by atoms with Crippen molar-refractivity contribution in [3.05, 3.63) is 35.7 Å². The minimum absolute atomic E-state index is 0.0809. The van der Waals surface area contributed by atoms with E-state index in [9.17, 15) is 9.18 Å². The molecular formula is C14H16FNO3. The van der Waals surface area contributed by atoms with Crippen LogP contribution >= 0.6 is 0 Å². The molecule has 0 bridgehead atoms. The van der Waals surface area contributed by atoms with E-state index in [-0.39, 0.29) is 11.6 Å². The van der Waals surface area contributed by atoms with E-state index in [1.165, 1.54) is 25.3 Å². The Hall–Kier alpha value is -1.88. The van der Waals surface area contributed by atoms with Gasteiger partial charge in [0.25, 0.3) is 0 Å². The third-order valence-corrected chi connectivity index (χ3v) is 3.05. The number of halogens is 1. The molecule has 19 heavy (non-hydrogen) atoms. The molecule has 4 nitrogen and oxygen atoms in total. The predicted molar refractivity (Wildman–Crippen MR) is 70.7 cm³/mol. The lowest BCUT2D eigenvalue weighted by atomic mass is 10.1. The molecule has 1 aromatic carbocycles. The smallest absolute Gasteiger partial charge is 0.339 e. The fourth-order valence-corrected chi connectivity index (χ4v) is 2.01. The molecule has 0 aliphatic carbocycles. The van der Waals surface area contributed by atoms with Crippen LogP contribution in [0.5, 0.6) is 0 Å². The van der Waals surface area contributed by atoms with Crippen molar-refractivity contribution in [3.8, 4) is 0 Å². The van der Waals surface area contributed by atoms with E-state index in [1.54, 1.807) is 0 Å². The molecule has 0 saturated carbocycles. The molecule has 1 aromatic rings. The maximum Gasteiger partial charge on any atom is 0.339 e. The monoisotopic (exact) mass is 265 g/mol. The van der Waals surface area contributed by atoms with Crippen LogP contribution in [-0.2, 0) is 9.47 Å². The number of rotatable bonds is 4. The quantitative estimate of drug-likeness (QED) is 0.849. The Bertz CT molecular complexity index is 496. The van der Waals surface area contributed by atoms with Crippen molar-refractivity contribution < 1.29 is 18.7 Å². The van der Waals surface area contributed by atoms with Gasteiger partial charge >= 0.3 is 5.97 Å². The third-order valence-electron chi connectivity index (χ3n) is 3.05. The number of esters is 1. The Balaban J connectivity index is 2.35. The first-order valence-corrected chi connectivity index (χ1v) is 6.04. The first kappa shape index (κ1) is 13.5. The SMILES string of the molecule is C=Cc1cc(C(=O)OC)c(N[C@@H]2CCOC2)cc1F. The fraction of sp³-hybridized carbons (Fsp3) is 0.357. The van der Waals surface area contributed by atoms with E-state index in [0.717, 1.165) is 6.42 Å². The van der Waals surface area contributed by atoms with E-state index < -0.39 is 11.8 Å². The van der Waals surface area contributed by atoms with Gasteiger partial charge in [0.1, 0.15) is 5.82 Å². The van der Waals surface area contributed by atoms with Gasteiger partial charge in [-0.05, 0) is 18.6 Å². The van der Waals surface area contributed by atoms with Crippen molar-refractivity contribution in [3.63, 3.8) is 0 Å². The summed E-state index contributed by atoms with van der Waals surface area (Å²) in [5.41, 5.74) is 0.991. The van der Waals surface area contributed by atoms with Gasteiger partial charge in [0.05, 0.1) is 31.0 Å². The Morgan fingerprint density at radius 3 is 3.00 bits per heavy atom. The van der Waals surface area contributed by atoms with Gasteiger partial charge in [-0.15, -0.1) is 0 Å². The average molecular weight is 265 g/mol. The molecule has 5 heteroatoms. The molecule has 0 radical (unpaired) electrons. The highest BCUT2D eigenvalue weighted by atomic mass is 19.1. The standard InChI is InChI=1S/C14H16FNO3/c1-3-9-6-11(14(17)18-2)13(7-12(9)15)16-10-4-5-19-8-10/h3,6-7,10,16H,1,4-5,8H2,2H3/t10-/m1/s1. The van der Waals surface area contributed by atoms with E-state index >= 15 is 0 Å². The molecule has 2 rings (SSSR count). The maximum atomic E-state index is 13.8. The average Bonchev–Trinajstić information content (AvgIpc) is 2.91. The summed E-state index contributed by atoms with van der Waals surface area (Å²) < 4.78 is 23.7. The first-order valence-electron chi connectivity index (χ1n) is 6.04. The van der Waals surface area contributed by atoms with Crippen LogP contribution < -0.4 is 5.32 Å². The summed E-state index contributed by atoms with van der Waals surface area (Å²) in [6.45, 7) is 4.73. The lowest BCUT2D eigenvalue weighted by Crippen LogP contribution is -2.21. The summed E-state index contributed by atoms with van der Waals surface area (Å²) in [4.78, 5) is 11.7. The van der Waals surface area contributed by atoms with Crippen LogP contribution in [0.1, 0.15) is 22.3 Å². The highest BCUT2D eigenvalue weighted by Crippen LogP contribution is 2.24. The minimum Gasteiger partial charge on any atom is -0.465 e. The lowest BCUT2D eigenvalue weighted by molar-refractivity contribution is 0.0601. The van der Waals surface area contributed by atoms with Gasteiger partial charge in [-0.25, -0.2) is 9.18 Å². The number of carbonyl (C=O) groups excluding carboxylic acids is 1. The van der Waals surface area contributed by atoms with E-state index in [2.05, 4.69) is 11.9 Å². The molecule has 1 atom stereocenters. The molecule has 1 saturated heterocycles. The largest absolute Gasteiger partial charge is 0.465 e. The van der Waals surface area contributed by atoms with Gasteiger partial charge in [-0.1, -0.05) is 12.7 Å². The third kappa shape index (κ3) is 2.93. The summed E-state index contributed by atoms with van der Waals surface area (Å²) in [6, 6.07) is 2.81. The zero-order valence-corrected chi connectivity index (χ0v) is 10.7. The Labute approximate surface area is 111 Å². The second-order valence-electron chi connectivity index (χ2n) is 4.32. The van der Waals surface area contributed by atoms with E-state index in [1.807, 2.05) is 0 Å². The Morgan fingerprint density at radius 2 is 2.42 bits per heavy atom. The van der Waals surface area contributed by atoms with Gasteiger partial charge in [-0.2, -0.15) is 0 Å². The molecule has 1 aliphatic rings. The topological polar surface area (TPSA) is 47.6 Å². The van der Waals surface area contributed by atoms with Crippen molar-refractivity contribution in [2.75, 3.05) is 25.6 Å². The van der Waals surface area contributed by atoms with Crippen LogP contribution in [0.15, 0.2) is 18.7 Å². The van der Waals surface area contributed by atoms with Crippen molar-refractivity contribution in [2.24, 2.45) is 0 Å². The molecule has 0 spiro atoms. The Kier molecular flexibility index (Phi) is 4.16. The number of benzene rings is 1. The number of methoxy groups -OCH3 is 1. The highest BCUT2D eigenvalue weighted by Gasteiger charge is 2.20. The van der Waals surface area contributed by atoms with Gasteiger partial charge in [-0.3, -0.25) is 0 Å². The van der Waals surface area contributed by atoms with Crippen molar-refractivity contribution >= 4 is 17.7 Å². The predicted octanol–water partition coefficient (Wildman–Crippen LogP) is 2.46. The second kappa shape index (κ2) is 5.84. The van der Waals surface area contributed by atoms with E-state index in [0.29, 0.717) is 24.5 Å². The molecule has 1 heterocycles. The summed E-state index contributed by atoms with van der Waals surface area (Å²) in [5, 5.41) is 3.12. The fourth-order valence-electron chi connectivity index (χ4n) is 2.01. The van der Waals surface area contributed by atoms with Crippen LogP contribution in [0.3, 0.4) is 0 Å². The van der Waals surface area contributed by atoms with Gasteiger partial charge in [0.15, 0.2) is 0 Å². The van der Waals surface area contributed by atoms with Crippen LogP contribution in [0.4, 0.5) is 10.1 Å². The minimum atomic E-state index is -0.510. The molecule has 1 fully saturated rings. The molecular weight excluding hydrogens is 249 g/mol. The van der Waals surface area contributed by atoms with Crippen LogP contribution in [-0.4, -0.2) is 32.3 Å². The Morgan fingerprint density at radius 1 is 1.63 bits per heavy atom. The van der Waals surface area contributed by atoms with Gasteiger partial charge in [0.2, 0.25) is 0 Å². The number of hydrogen-bond acceptors (Lipinski definition) is 4. The van der Waals surface area contributed by atoms with E-state index in [4.69, 9.17) is 9.47 Å². The van der Waals surface area contributed by atoms with Gasteiger partial charge < -0.3 is 14.8 Å². The number of hydrogen-bond donors (Lipinski definition) is 1. The normalized spacial score (nSPS) is 18.1. The molecule has 0 aromatic heterocycles. The number of ether oxygens (including phenoxy) is 2. The van der Waals surface area contributed by atoms with Crippen molar-refractivity contribution in [1.82, 2.24) is 0 Å². The molecule has 0 amide bonds. The van der Waals surface area contributed by atoms with Crippen LogP contribution in [0, 0.1) is 5.82 Å². The number of nitrogens with one attached hydrogen (secondary N) is 1. The number of carbonyl (C=O) groups is 1. The van der Waals surface area contributed by atoms with Crippen LogP contribution in [0.2, 0.25) is 0 Å². The summed E-state index contributed by atoms with van der Waals surface area (Å²) in [7, 11) is 1.29. The zero-order valence-electron chi connectivity index (χ0n) is 10.7. The number of anilines is 1. The van der Waals surface area contributed by atoms with Crippen molar-refractivity contribution in [2.45, 2.75) is 12.5 Å². The second-order valence-corrected chi connectivity index (χ2v) is 4.32. The van der Waals surface area contributed by atoms with Crippen LogP contribution in [0.25, 0.3) is 6.08 Å². The highest BCUT2D eigenvalue weighted by molar-refractivity contribution is 5.96. The summed E-state index contributed by atoms with van der Waals surface area (Å²) in [5.74, 6) is -0.936. The van der Waals surface area contributed by atoms with Crippen molar-refractivity contribution in [1.29, 1.82) is 0 Å². The molecule has 102 valence electrons. The van der Waals surface area contributed by atoms with Gasteiger partial charge in [0, 0.05) is 12.2 Å². The molecule has 1 aliphatic heterocycles. The lowest BCUT2D eigenvalue weighted by Gasteiger charge is -2.16. The molecule has 0 unspecified atom stereocenters. The maximum absolute atomic E-state index is 13.8. The molecule has 1 N–H and O–H groups in total. The summed E-state index contributed by atoms with van der Waals surface area (Å²) >= 11 is 0. The zero-order chi connectivity index (χ0) is 13.8.